The Hall–Kier alpha value is -2.53. The summed E-state index contributed by atoms with van der Waals surface area (Å²) in [5.41, 5.74) is 5.36. The lowest BCUT2D eigenvalue weighted by Gasteiger charge is -2.13. The second kappa shape index (κ2) is 6.02. The van der Waals surface area contributed by atoms with Gasteiger partial charge in [0.1, 0.15) is 0 Å². The largest absolute Gasteiger partial charge is 0.252 e. The molecular weight excluding hydrogens is 431 g/mol. The average molecular weight is 446 g/mol. The van der Waals surface area contributed by atoms with Gasteiger partial charge in [-0.05, 0) is 63.5 Å². The minimum absolute atomic E-state index is 0.943. The van der Waals surface area contributed by atoms with Gasteiger partial charge in [0.25, 0.3) is 0 Å². The van der Waals surface area contributed by atoms with Crippen molar-refractivity contribution in [3.63, 3.8) is 0 Å². The number of hydrogen-bond donors (Lipinski definition) is 0. The first kappa shape index (κ1) is 15.7. The molecule has 0 unspecified atom stereocenters. The van der Waals surface area contributed by atoms with Crippen LogP contribution >= 0.6 is 22.6 Å². The van der Waals surface area contributed by atoms with Crippen molar-refractivity contribution >= 4 is 55.2 Å². The summed E-state index contributed by atoms with van der Waals surface area (Å²) in [5.74, 6) is 0. The zero-order valence-electron chi connectivity index (χ0n) is 14.2. The molecule has 0 saturated heterocycles. The van der Waals surface area contributed by atoms with Gasteiger partial charge in [0.05, 0.1) is 16.7 Å². The standard InChI is InChI=1S/C23H15IN2/c1-14-13-25-23-21-19(17-9-5-6-10-18(17)22(23)26-14)11-16(12-20(21)24)15-7-3-2-4-8-15/h2-13H,1H3. The molecule has 5 aromatic rings. The monoisotopic (exact) mass is 446 g/mol. The Balaban J connectivity index is 2.01. The zero-order chi connectivity index (χ0) is 17.7. The van der Waals surface area contributed by atoms with Crippen molar-refractivity contribution in [2.45, 2.75) is 6.92 Å². The molecule has 0 fully saturated rings. The molecule has 0 bridgehead atoms. The van der Waals surface area contributed by atoms with E-state index >= 15 is 0 Å². The molecule has 0 aliphatic rings. The second-order valence-electron chi connectivity index (χ2n) is 6.50. The molecule has 0 N–H and O–H groups in total. The number of halogens is 1. The lowest BCUT2D eigenvalue weighted by Crippen LogP contribution is -1.93. The van der Waals surface area contributed by atoms with E-state index in [0.29, 0.717) is 0 Å². The molecule has 4 aromatic carbocycles. The lowest BCUT2D eigenvalue weighted by atomic mass is 9.95. The van der Waals surface area contributed by atoms with Gasteiger partial charge >= 0.3 is 0 Å². The highest BCUT2D eigenvalue weighted by molar-refractivity contribution is 14.1. The maximum Gasteiger partial charge on any atom is 0.0982 e. The third-order valence-electron chi connectivity index (χ3n) is 4.80. The van der Waals surface area contributed by atoms with Gasteiger partial charge in [-0.3, -0.25) is 4.98 Å². The molecule has 26 heavy (non-hydrogen) atoms. The number of aryl methyl sites for hydroxylation is 1. The van der Waals surface area contributed by atoms with Crippen LogP contribution in [0.15, 0.2) is 72.9 Å². The zero-order valence-corrected chi connectivity index (χ0v) is 16.4. The molecule has 0 atom stereocenters. The number of fused-ring (bicyclic) bond motifs is 6. The molecule has 0 radical (unpaired) electrons. The van der Waals surface area contributed by atoms with E-state index in [1.54, 1.807) is 0 Å². The van der Waals surface area contributed by atoms with Gasteiger partial charge in [0.15, 0.2) is 0 Å². The minimum atomic E-state index is 0.943. The van der Waals surface area contributed by atoms with Crippen LogP contribution in [-0.4, -0.2) is 9.97 Å². The van der Waals surface area contributed by atoms with Gasteiger partial charge in [-0.2, -0.15) is 0 Å². The van der Waals surface area contributed by atoms with Crippen LogP contribution in [0.25, 0.3) is 43.7 Å². The van der Waals surface area contributed by atoms with Crippen molar-refractivity contribution in [2.75, 3.05) is 0 Å². The predicted octanol–water partition coefficient (Wildman–Crippen LogP) is 6.52. The average Bonchev–Trinajstić information content (AvgIpc) is 2.68. The smallest absolute Gasteiger partial charge is 0.0982 e. The van der Waals surface area contributed by atoms with Crippen LogP contribution in [0.3, 0.4) is 0 Å². The summed E-state index contributed by atoms with van der Waals surface area (Å²) in [7, 11) is 0. The highest BCUT2D eigenvalue weighted by Gasteiger charge is 2.14. The molecule has 0 aliphatic carbocycles. The van der Waals surface area contributed by atoms with Crippen LogP contribution in [0.2, 0.25) is 0 Å². The molecule has 5 rings (SSSR count). The fourth-order valence-electron chi connectivity index (χ4n) is 3.63. The number of nitrogens with zero attached hydrogens (tertiary/aromatic N) is 2. The number of benzene rings is 4. The number of aromatic nitrogens is 2. The van der Waals surface area contributed by atoms with Crippen molar-refractivity contribution in [3.8, 4) is 11.1 Å². The summed E-state index contributed by atoms with van der Waals surface area (Å²) in [4.78, 5) is 9.56. The van der Waals surface area contributed by atoms with Crippen molar-refractivity contribution in [1.29, 1.82) is 0 Å². The van der Waals surface area contributed by atoms with Crippen molar-refractivity contribution in [2.24, 2.45) is 0 Å². The van der Waals surface area contributed by atoms with E-state index in [0.717, 1.165) is 22.1 Å². The van der Waals surface area contributed by atoms with Gasteiger partial charge < -0.3 is 0 Å². The Morgan fingerprint density at radius 2 is 1.46 bits per heavy atom. The maximum atomic E-state index is 4.81. The summed E-state index contributed by atoms with van der Waals surface area (Å²) < 4.78 is 1.20. The number of hydrogen-bond acceptors (Lipinski definition) is 2. The van der Waals surface area contributed by atoms with Crippen LogP contribution in [0.4, 0.5) is 0 Å². The fraction of sp³-hybridized carbons (Fsp3) is 0.0435. The van der Waals surface area contributed by atoms with Gasteiger partial charge in [-0.25, -0.2) is 4.98 Å². The first-order chi connectivity index (χ1) is 12.7. The molecule has 0 aliphatic heterocycles. The third-order valence-corrected chi connectivity index (χ3v) is 5.65. The topological polar surface area (TPSA) is 25.8 Å². The first-order valence-electron chi connectivity index (χ1n) is 8.55. The van der Waals surface area contributed by atoms with E-state index in [2.05, 4.69) is 89.3 Å². The first-order valence-corrected chi connectivity index (χ1v) is 9.63. The van der Waals surface area contributed by atoms with E-state index in [-0.39, 0.29) is 0 Å². The Morgan fingerprint density at radius 3 is 2.27 bits per heavy atom. The third kappa shape index (κ3) is 2.38. The minimum Gasteiger partial charge on any atom is -0.252 e. The van der Waals surface area contributed by atoms with Crippen LogP contribution in [0, 0.1) is 10.5 Å². The molecular formula is C23H15IN2. The molecule has 1 aromatic heterocycles. The Morgan fingerprint density at radius 1 is 0.731 bits per heavy atom. The van der Waals surface area contributed by atoms with E-state index in [1.165, 1.54) is 30.9 Å². The number of rotatable bonds is 1. The van der Waals surface area contributed by atoms with E-state index in [4.69, 9.17) is 9.97 Å². The predicted molar refractivity (Wildman–Crippen MR) is 117 cm³/mol. The molecule has 3 heteroatoms. The van der Waals surface area contributed by atoms with Gasteiger partial charge in [0.2, 0.25) is 0 Å². The van der Waals surface area contributed by atoms with Crippen molar-refractivity contribution in [3.05, 3.63) is 82.2 Å². The second-order valence-corrected chi connectivity index (χ2v) is 7.66. The fourth-order valence-corrected chi connectivity index (χ4v) is 4.51. The molecule has 124 valence electrons. The highest BCUT2D eigenvalue weighted by Crippen LogP contribution is 2.38. The summed E-state index contributed by atoms with van der Waals surface area (Å²) in [5, 5.41) is 4.81. The van der Waals surface area contributed by atoms with Crippen LogP contribution in [0.1, 0.15) is 5.69 Å². The van der Waals surface area contributed by atoms with E-state index < -0.39 is 0 Å². The van der Waals surface area contributed by atoms with Gasteiger partial charge in [-0.1, -0.05) is 54.6 Å². The molecule has 0 amide bonds. The van der Waals surface area contributed by atoms with E-state index in [1.807, 2.05) is 13.1 Å². The normalized spacial score (nSPS) is 11.5. The molecule has 1 heterocycles. The van der Waals surface area contributed by atoms with E-state index in [9.17, 15) is 0 Å². The maximum absolute atomic E-state index is 4.81. The summed E-state index contributed by atoms with van der Waals surface area (Å²) in [6, 6.07) is 23.6. The van der Waals surface area contributed by atoms with Gasteiger partial charge in [0, 0.05) is 20.5 Å². The van der Waals surface area contributed by atoms with Crippen LogP contribution in [0.5, 0.6) is 0 Å². The molecule has 0 saturated carbocycles. The van der Waals surface area contributed by atoms with Crippen LogP contribution in [-0.2, 0) is 0 Å². The molecule has 0 spiro atoms. The Kier molecular flexibility index (Phi) is 3.64. The summed E-state index contributed by atoms with van der Waals surface area (Å²) in [6.45, 7) is 1.99. The van der Waals surface area contributed by atoms with Crippen molar-refractivity contribution in [1.82, 2.24) is 9.97 Å². The van der Waals surface area contributed by atoms with Gasteiger partial charge in [-0.15, -0.1) is 0 Å². The highest BCUT2D eigenvalue weighted by atomic mass is 127. The molecule has 2 nitrogen and oxygen atoms in total. The van der Waals surface area contributed by atoms with Crippen molar-refractivity contribution < 1.29 is 0 Å². The Bertz CT molecular complexity index is 1290. The summed E-state index contributed by atoms with van der Waals surface area (Å²) >= 11 is 2.43. The SMILES string of the molecule is Cc1cnc2c(n1)c1ccccc1c1cc(-c3ccccc3)cc(I)c12. The summed E-state index contributed by atoms with van der Waals surface area (Å²) in [6.07, 6.45) is 1.86. The Labute approximate surface area is 165 Å². The quantitative estimate of drug-likeness (QED) is 0.217. The lowest BCUT2D eigenvalue weighted by molar-refractivity contribution is 1.19. The van der Waals surface area contributed by atoms with Crippen LogP contribution < -0.4 is 0 Å².